The zero-order valence-electron chi connectivity index (χ0n) is 7.04. The van der Waals surface area contributed by atoms with E-state index in [-0.39, 0.29) is 12.2 Å². The maximum Gasteiger partial charge on any atom is 0.164 e. The second kappa shape index (κ2) is 2.80. The van der Waals surface area contributed by atoms with Gasteiger partial charge in [0.2, 0.25) is 0 Å². The molecule has 1 rings (SSSR count). The number of hydrogen-bond donors (Lipinski definition) is 0. The first kappa shape index (κ1) is 8.50. The molecule has 0 saturated carbocycles. The molecule has 0 aliphatic carbocycles. The van der Waals surface area contributed by atoms with Crippen LogP contribution in [-0.2, 0) is 9.47 Å². The minimum absolute atomic E-state index is 0.0532. The standard InChI is InChI=1S/C9H14O2/c1-5-7-8(6-2)11-9(3,4)10-7/h5-8H,1-2H2,3-4H3/t7-,8+. The van der Waals surface area contributed by atoms with Gasteiger partial charge in [-0.1, -0.05) is 12.2 Å². The predicted molar refractivity (Wildman–Crippen MR) is 44.2 cm³/mol. The first-order chi connectivity index (χ1) is 5.09. The molecular weight excluding hydrogens is 140 g/mol. The summed E-state index contributed by atoms with van der Waals surface area (Å²) >= 11 is 0. The van der Waals surface area contributed by atoms with Crippen molar-refractivity contribution < 1.29 is 9.47 Å². The summed E-state index contributed by atoms with van der Waals surface area (Å²) in [6.07, 6.45) is 3.37. The smallest absolute Gasteiger partial charge is 0.164 e. The van der Waals surface area contributed by atoms with Gasteiger partial charge in [0, 0.05) is 0 Å². The lowest BCUT2D eigenvalue weighted by Gasteiger charge is -2.15. The summed E-state index contributed by atoms with van der Waals surface area (Å²) in [5.74, 6) is -0.502. The van der Waals surface area contributed by atoms with Gasteiger partial charge in [0.1, 0.15) is 12.2 Å². The van der Waals surface area contributed by atoms with Gasteiger partial charge in [0.25, 0.3) is 0 Å². The molecule has 1 aliphatic rings. The van der Waals surface area contributed by atoms with Crippen LogP contribution in [0.3, 0.4) is 0 Å². The van der Waals surface area contributed by atoms with Crippen LogP contribution in [0.1, 0.15) is 13.8 Å². The zero-order valence-corrected chi connectivity index (χ0v) is 7.04. The van der Waals surface area contributed by atoms with Crippen molar-refractivity contribution >= 4 is 0 Å². The highest BCUT2D eigenvalue weighted by atomic mass is 16.7. The molecule has 0 amide bonds. The summed E-state index contributed by atoms with van der Waals surface area (Å²) in [5, 5.41) is 0. The molecule has 0 radical (unpaired) electrons. The topological polar surface area (TPSA) is 18.5 Å². The average molecular weight is 154 g/mol. The van der Waals surface area contributed by atoms with Crippen LogP contribution in [0.5, 0.6) is 0 Å². The molecule has 0 aromatic carbocycles. The fourth-order valence-electron chi connectivity index (χ4n) is 1.18. The van der Waals surface area contributed by atoms with Crippen LogP contribution in [0.15, 0.2) is 25.3 Å². The van der Waals surface area contributed by atoms with Gasteiger partial charge in [-0.3, -0.25) is 0 Å². The van der Waals surface area contributed by atoms with Crippen molar-refractivity contribution in [1.82, 2.24) is 0 Å². The Kier molecular flexibility index (Phi) is 2.16. The van der Waals surface area contributed by atoms with Gasteiger partial charge >= 0.3 is 0 Å². The minimum Gasteiger partial charge on any atom is -0.340 e. The summed E-state index contributed by atoms with van der Waals surface area (Å²) < 4.78 is 11.0. The Balaban J connectivity index is 2.69. The lowest BCUT2D eigenvalue weighted by atomic mass is 10.2. The lowest BCUT2D eigenvalue weighted by molar-refractivity contribution is -0.138. The molecule has 11 heavy (non-hydrogen) atoms. The van der Waals surface area contributed by atoms with Crippen molar-refractivity contribution in [1.29, 1.82) is 0 Å². The highest BCUT2D eigenvalue weighted by molar-refractivity contribution is 5.00. The maximum absolute atomic E-state index is 5.49. The first-order valence-corrected chi connectivity index (χ1v) is 3.70. The molecule has 1 aliphatic heterocycles. The van der Waals surface area contributed by atoms with Crippen molar-refractivity contribution in [2.75, 3.05) is 0 Å². The second-order valence-corrected chi connectivity index (χ2v) is 3.04. The van der Waals surface area contributed by atoms with Crippen LogP contribution in [0, 0.1) is 0 Å². The molecular formula is C9H14O2. The van der Waals surface area contributed by atoms with Gasteiger partial charge in [-0.15, -0.1) is 13.2 Å². The maximum atomic E-state index is 5.49. The van der Waals surface area contributed by atoms with Gasteiger partial charge in [0.05, 0.1) is 0 Å². The SMILES string of the molecule is C=C[C@@H]1OC(C)(C)O[C@@H]1C=C. The van der Waals surface area contributed by atoms with E-state index in [1.54, 1.807) is 12.2 Å². The van der Waals surface area contributed by atoms with Crippen molar-refractivity contribution in [2.45, 2.75) is 31.8 Å². The first-order valence-electron chi connectivity index (χ1n) is 3.70. The Morgan fingerprint density at radius 1 is 1.09 bits per heavy atom. The molecule has 1 heterocycles. The number of hydrogen-bond acceptors (Lipinski definition) is 2. The summed E-state index contributed by atoms with van der Waals surface area (Å²) in [7, 11) is 0. The zero-order chi connectivity index (χ0) is 8.48. The van der Waals surface area contributed by atoms with Crippen LogP contribution < -0.4 is 0 Å². The van der Waals surface area contributed by atoms with Crippen LogP contribution in [0.25, 0.3) is 0 Å². The Hall–Kier alpha value is -0.600. The lowest BCUT2D eigenvalue weighted by Crippen LogP contribution is -2.20. The highest BCUT2D eigenvalue weighted by Gasteiger charge is 2.37. The molecule has 1 saturated heterocycles. The molecule has 0 aromatic rings. The largest absolute Gasteiger partial charge is 0.340 e. The van der Waals surface area contributed by atoms with E-state index in [4.69, 9.17) is 9.47 Å². The second-order valence-electron chi connectivity index (χ2n) is 3.04. The van der Waals surface area contributed by atoms with Crippen LogP contribution in [0.2, 0.25) is 0 Å². The van der Waals surface area contributed by atoms with Gasteiger partial charge in [-0.05, 0) is 13.8 Å². The number of rotatable bonds is 2. The highest BCUT2D eigenvalue weighted by Crippen LogP contribution is 2.28. The quantitative estimate of drug-likeness (QED) is 0.565. The summed E-state index contributed by atoms with van der Waals surface area (Å²) in [6, 6.07) is 0. The van der Waals surface area contributed by atoms with Gasteiger partial charge in [-0.2, -0.15) is 0 Å². The fourth-order valence-corrected chi connectivity index (χ4v) is 1.18. The van der Waals surface area contributed by atoms with E-state index in [0.717, 1.165) is 0 Å². The summed E-state index contributed by atoms with van der Waals surface area (Å²) in [6.45, 7) is 11.1. The van der Waals surface area contributed by atoms with Crippen LogP contribution in [-0.4, -0.2) is 18.0 Å². The van der Waals surface area contributed by atoms with Gasteiger partial charge < -0.3 is 9.47 Å². The Morgan fingerprint density at radius 3 is 1.73 bits per heavy atom. The van der Waals surface area contributed by atoms with E-state index in [2.05, 4.69) is 13.2 Å². The average Bonchev–Trinajstić information content (AvgIpc) is 2.25. The molecule has 2 heteroatoms. The van der Waals surface area contributed by atoms with E-state index in [0.29, 0.717) is 0 Å². The van der Waals surface area contributed by atoms with Crippen molar-refractivity contribution in [3.8, 4) is 0 Å². The van der Waals surface area contributed by atoms with Crippen molar-refractivity contribution in [3.63, 3.8) is 0 Å². The third-order valence-electron chi connectivity index (χ3n) is 1.63. The summed E-state index contributed by atoms with van der Waals surface area (Å²) in [4.78, 5) is 0. The molecule has 0 aromatic heterocycles. The Morgan fingerprint density at radius 2 is 1.45 bits per heavy atom. The van der Waals surface area contributed by atoms with E-state index < -0.39 is 5.79 Å². The van der Waals surface area contributed by atoms with Gasteiger partial charge in [0.15, 0.2) is 5.79 Å². The van der Waals surface area contributed by atoms with Crippen LogP contribution in [0.4, 0.5) is 0 Å². The Bertz CT molecular complexity index is 154. The molecule has 0 N–H and O–H groups in total. The van der Waals surface area contributed by atoms with Gasteiger partial charge in [-0.25, -0.2) is 0 Å². The van der Waals surface area contributed by atoms with E-state index in [9.17, 15) is 0 Å². The molecule has 0 unspecified atom stereocenters. The van der Waals surface area contributed by atoms with Crippen LogP contribution >= 0.6 is 0 Å². The monoisotopic (exact) mass is 154 g/mol. The molecule has 0 bridgehead atoms. The van der Waals surface area contributed by atoms with E-state index >= 15 is 0 Å². The van der Waals surface area contributed by atoms with E-state index in [1.165, 1.54) is 0 Å². The summed E-state index contributed by atoms with van der Waals surface area (Å²) in [5.41, 5.74) is 0. The Labute approximate surface area is 67.5 Å². The molecule has 0 spiro atoms. The van der Waals surface area contributed by atoms with Crippen molar-refractivity contribution in [2.24, 2.45) is 0 Å². The number of ether oxygens (including phenoxy) is 2. The fraction of sp³-hybridized carbons (Fsp3) is 0.556. The predicted octanol–water partition coefficient (Wildman–Crippen LogP) is 1.88. The van der Waals surface area contributed by atoms with Crippen molar-refractivity contribution in [3.05, 3.63) is 25.3 Å². The normalized spacial score (nSPS) is 35.1. The van der Waals surface area contributed by atoms with E-state index in [1.807, 2.05) is 13.8 Å². The minimum atomic E-state index is -0.502. The molecule has 1 fully saturated rings. The third kappa shape index (κ3) is 1.70. The molecule has 2 atom stereocenters. The third-order valence-corrected chi connectivity index (χ3v) is 1.63. The molecule has 62 valence electrons. The molecule has 2 nitrogen and oxygen atoms in total.